The number of rotatable bonds is 5. The van der Waals surface area contributed by atoms with Crippen LogP contribution in [0.25, 0.3) is 11.8 Å². The first-order chi connectivity index (χ1) is 13.9. The van der Waals surface area contributed by atoms with Gasteiger partial charge in [0.2, 0.25) is 0 Å². The predicted octanol–water partition coefficient (Wildman–Crippen LogP) is 5.81. The Morgan fingerprint density at radius 3 is 2.38 bits per heavy atom. The highest BCUT2D eigenvalue weighted by atomic mass is 127. The highest BCUT2D eigenvalue weighted by molar-refractivity contribution is 14.1. The van der Waals surface area contributed by atoms with E-state index >= 15 is 0 Å². The summed E-state index contributed by atoms with van der Waals surface area (Å²) in [6.45, 7) is 6.09. The van der Waals surface area contributed by atoms with Crippen molar-refractivity contribution < 1.29 is 4.79 Å². The van der Waals surface area contributed by atoms with E-state index in [1.165, 1.54) is 9.13 Å². The van der Waals surface area contributed by atoms with Gasteiger partial charge in [0.05, 0.1) is 0 Å². The molecule has 1 N–H and O–H groups in total. The van der Waals surface area contributed by atoms with Gasteiger partial charge in [-0.25, -0.2) is 0 Å². The normalized spacial score (nSPS) is 11.2. The molecular formula is C24H22IN3O. The number of aryl methyl sites for hydroxylation is 2. The minimum Gasteiger partial charge on any atom is -0.321 e. The van der Waals surface area contributed by atoms with Crippen LogP contribution in [0.4, 0.5) is 5.69 Å². The molecule has 1 heterocycles. The fourth-order valence-electron chi connectivity index (χ4n) is 3.25. The maximum Gasteiger partial charge on any atom is 0.266 e. The smallest absolute Gasteiger partial charge is 0.266 e. The standard InChI is InChI=1S/C24H22IN3O/c1-4-18-5-9-22(10-6-18)27-24(29)20(15-26)14-19-13-16(2)28(17(19)3)23-11-7-21(25)8-12-23/h5-14H,4H2,1-3H3,(H,27,29). The number of carbonyl (C=O) groups is 1. The average Bonchev–Trinajstić information content (AvgIpc) is 3.00. The summed E-state index contributed by atoms with van der Waals surface area (Å²) in [7, 11) is 0. The first kappa shape index (κ1) is 20.9. The summed E-state index contributed by atoms with van der Waals surface area (Å²) in [6.07, 6.45) is 2.59. The molecule has 0 radical (unpaired) electrons. The van der Waals surface area contributed by atoms with Gasteiger partial charge in [0, 0.05) is 26.3 Å². The van der Waals surface area contributed by atoms with Crippen LogP contribution in [0.2, 0.25) is 0 Å². The molecule has 1 amide bonds. The van der Waals surface area contributed by atoms with Crippen molar-refractivity contribution in [1.29, 1.82) is 5.26 Å². The van der Waals surface area contributed by atoms with Crippen LogP contribution in [0.15, 0.2) is 60.2 Å². The SMILES string of the molecule is CCc1ccc(NC(=O)C(C#N)=Cc2cc(C)n(-c3ccc(I)cc3)c2C)cc1. The Morgan fingerprint density at radius 1 is 1.14 bits per heavy atom. The largest absolute Gasteiger partial charge is 0.321 e. The monoisotopic (exact) mass is 495 g/mol. The quantitative estimate of drug-likeness (QED) is 0.276. The van der Waals surface area contributed by atoms with E-state index < -0.39 is 5.91 Å². The molecule has 3 aromatic rings. The maximum absolute atomic E-state index is 12.6. The van der Waals surface area contributed by atoms with Gasteiger partial charge in [-0.05, 0) is 103 Å². The molecular weight excluding hydrogens is 473 g/mol. The topological polar surface area (TPSA) is 57.8 Å². The Kier molecular flexibility index (Phi) is 6.55. The number of nitrogens with zero attached hydrogens (tertiary/aromatic N) is 2. The van der Waals surface area contributed by atoms with Crippen LogP contribution in [-0.4, -0.2) is 10.5 Å². The molecule has 0 unspecified atom stereocenters. The van der Waals surface area contributed by atoms with E-state index in [-0.39, 0.29) is 5.57 Å². The first-order valence-electron chi connectivity index (χ1n) is 9.40. The number of nitrogens with one attached hydrogen (secondary N) is 1. The van der Waals surface area contributed by atoms with Crippen molar-refractivity contribution in [1.82, 2.24) is 4.57 Å². The van der Waals surface area contributed by atoms with E-state index in [0.717, 1.165) is 29.1 Å². The summed E-state index contributed by atoms with van der Waals surface area (Å²) in [4.78, 5) is 12.6. The van der Waals surface area contributed by atoms with Gasteiger partial charge in [-0.2, -0.15) is 5.26 Å². The Hall–Kier alpha value is -2.85. The molecule has 0 aliphatic rings. The minimum atomic E-state index is -0.407. The van der Waals surface area contributed by atoms with Crippen LogP contribution in [0.3, 0.4) is 0 Å². The van der Waals surface area contributed by atoms with Crippen molar-refractivity contribution in [3.05, 3.63) is 86.3 Å². The second-order valence-corrected chi connectivity index (χ2v) is 8.06. The molecule has 0 saturated heterocycles. The molecule has 2 aromatic carbocycles. The van der Waals surface area contributed by atoms with Gasteiger partial charge in [-0.1, -0.05) is 19.1 Å². The van der Waals surface area contributed by atoms with Crippen LogP contribution >= 0.6 is 22.6 Å². The molecule has 146 valence electrons. The lowest BCUT2D eigenvalue weighted by Gasteiger charge is -2.10. The Morgan fingerprint density at radius 2 is 1.79 bits per heavy atom. The number of nitriles is 1. The molecule has 3 rings (SSSR count). The molecule has 5 heteroatoms. The molecule has 1 aromatic heterocycles. The number of halogens is 1. The van der Waals surface area contributed by atoms with Crippen molar-refractivity contribution in [3.63, 3.8) is 0 Å². The summed E-state index contributed by atoms with van der Waals surface area (Å²) >= 11 is 2.28. The van der Waals surface area contributed by atoms with Gasteiger partial charge < -0.3 is 9.88 Å². The van der Waals surface area contributed by atoms with Crippen molar-refractivity contribution in [2.75, 3.05) is 5.32 Å². The number of aromatic nitrogens is 1. The Labute approximate surface area is 185 Å². The third-order valence-corrected chi connectivity index (χ3v) is 5.56. The molecule has 0 aliphatic carbocycles. The van der Waals surface area contributed by atoms with Crippen LogP contribution in [-0.2, 0) is 11.2 Å². The lowest BCUT2D eigenvalue weighted by molar-refractivity contribution is -0.112. The summed E-state index contributed by atoms with van der Waals surface area (Å²) in [5.41, 5.74) is 5.89. The van der Waals surface area contributed by atoms with E-state index in [2.05, 4.69) is 63.7 Å². The fourth-order valence-corrected chi connectivity index (χ4v) is 3.61. The fraction of sp³-hybridized carbons (Fsp3) is 0.167. The Bertz CT molecular complexity index is 1100. The van der Waals surface area contributed by atoms with Gasteiger partial charge in [0.25, 0.3) is 5.91 Å². The van der Waals surface area contributed by atoms with Gasteiger partial charge in [0.1, 0.15) is 11.6 Å². The van der Waals surface area contributed by atoms with Crippen LogP contribution < -0.4 is 5.32 Å². The molecule has 0 saturated carbocycles. The molecule has 0 atom stereocenters. The number of anilines is 1. The third kappa shape index (κ3) is 4.77. The van der Waals surface area contributed by atoms with Crippen molar-refractivity contribution in [3.8, 4) is 11.8 Å². The Balaban J connectivity index is 1.88. The molecule has 0 aliphatic heterocycles. The second kappa shape index (κ2) is 9.10. The minimum absolute atomic E-state index is 0.0763. The van der Waals surface area contributed by atoms with E-state index in [1.807, 2.05) is 50.2 Å². The van der Waals surface area contributed by atoms with E-state index in [0.29, 0.717) is 5.69 Å². The van der Waals surface area contributed by atoms with E-state index in [4.69, 9.17) is 0 Å². The summed E-state index contributed by atoms with van der Waals surface area (Å²) < 4.78 is 3.29. The summed E-state index contributed by atoms with van der Waals surface area (Å²) in [5.74, 6) is -0.407. The van der Waals surface area contributed by atoms with Crippen LogP contribution in [0.1, 0.15) is 29.4 Å². The highest BCUT2D eigenvalue weighted by Gasteiger charge is 2.14. The van der Waals surface area contributed by atoms with Gasteiger partial charge in [-0.3, -0.25) is 4.79 Å². The maximum atomic E-state index is 12.6. The van der Waals surface area contributed by atoms with Gasteiger partial charge >= 0.3 is 0 Å². The zero-order valence-electron chi connectivity index (χ0n) is 16.7. The second-order valence-electron chi connectivity index (χ2n) is 6.81. The summed E-state index contributed by atoms with van der Waals surface area (Å²) in [5, 5.41) is 12.4. The zero-order chi connectivity index (χ0) is 21.0. The molecule has 29 heavy (non-hydrogen) atoms. The first-order valence-corrected chi connectivity index (χ1v) is 10.5. The molecule has 0 bridgehead atoms. The van der Waals surface area contributed by atoms with Crippen molar-refractivity contribution >= 4 is 40.3 Å². The highest BCUT2D eigenvalue weighted by Crippen LogP contribution is 2.24. The van der Waals surface area contributed by atoms with Crippen molar-refractivity contribution in [2.24, 2.45) is 0 Å². The van der Waals surface area contributed by atoms with Crippen molar-refractivity contribution in [2.45, 2.75) is 27.2 Å². The third-order valence-electron chi connectivity index (χ3n) is 4.84. The molecule has 4 nitrogen and oxygen atoms in total. The molecule has 0 spiro atoms. The predicted molar refractivity (Wildman–Crippen MR) is 126 cm³/mol. The number of amides is 1. The zero-order valence-corrected chi connectivity index (χ0v) is 18.8. The van der Waals surface area contributed by atoms with E-state index in [9.17, 15) is 10.1 Å². The molecule has 0 fully saturated rings. The number of benzene rings is 2. The lowest BCUT2D eigenvalue weighted by Crippen LogP contribution is -2.13. The lowest BCUT2D eigenvalue weighted by atomic mass is 10.1. The van der Waals surface area contributed by atoms with Crippen LogP contribution in [0.5, 0.6) is 0 Å². The van der Waals surface area contributed by atoms with Gasteiger partial charge in [-0.15, -0.1) is 0 Å². The van der Waals surface area contributed by atoms with Gasteiger partial charge in [0.15, 0.2) is 0 Å². The average molecular weight is 495 g/mol. The number of carbonyl (C=O) groups excluding carboxylic acids is 1. The number of hydrogen-bond acceptors (Lipinski definition) is 2. The van der Waals surface area contributed by atoms with E-state index in [1.54, 1.807) is 6.08 Å². The van der Waals surface area contributed by atoms with Crippen LogP contribution in [0, 0.1) is 28.7 Å². The number of hydrogen-bond donors (Lipinski definition) is 1. The summed E-state index contributed by atoms with van der Waals surface area (Å²) in [6, 6.07) is 19.9.